The van der Waals surface area contributed by atoms with Gasteiger partial charge in [0.05, 0.1) is 13.2 Å². The van der Waals surface area contributed by atoms with Gasteiger partial charge in [0.25, 0.3) is 0 Å². The highest BCUT2D eigenvalue weighted by atomic mass is 31.2. The lowest BCUT2D eigenvalue weighted by molar-refractivity contribution is 0.0986. The van der Waals surface area contributed by atoms with Crippen LogP contribution in [0.15, 0.2) is 0 Å². The molecule has 0 bridgehead atoms. The highest BCUT2D eigenvalue weighted by molar-refractivity contribution is 7.58. The van der Waals surface area contributed by atoms with Gasteiger partial charge in [0.2, 0.25) is 0 Å². The lowest BCUT2D eigenvalue weighted by Crippen LogP contribution is -2.38. The smallest absolute Gasteiger partial charge is 0.177 e. The van der Waals surface area contributed by atoms with Crippen molar-refractivity contribution in [3.05, 3.63) is 0 Å². The van der Waals surface area contributed by atoms with Gasteiger partial charge in [-0.3, -0.25) is 0 Å². The number of hydrogen-bond acceptors (Lipinski definition) is 4. The quantitative estimate of drug-likeness (QED) is 0.178. The van der Waals surface area contributed by atoms with Crippen molar-refractivity contribution in [3.63, 3.8) is 0 Å². The largest absolute Gasteiger partial charge is 0.502 e. The van der Waals surface area contributed by atoms with Gasteiger partial charge in [-0.1, -0.05) is 82.7 Å². The van der Waals surface area contributed by atoms with E-state index in [9.17, 15) is 4.89 Å². The lowest BCUT2D eigenvalue weighted by Gasteiger charge is -2.32. The third-order valence-corrected chi connectivity index (χ3v) is 7.41. The van der Waals surface area contributed by atoms with Crippen LogP contribution in [0.3, 0.4) is 0 Å². The molecule has 0 aliphatic heterocycles. The molecule has 27 heavy (non-hydrogen) atoms. The van der Waals surface area contributed by atoms with Gasteiger partial charge in [0, 0.05) is 12.1 Å². The molecule has 0 aromatic rings. The molecule has 0 aliphatic rings. The minimum absolute atomic E-state index is 0.192. The van der Waals surface area contributed by atoms with Gasteiger partial charge < -0.3 is 0 Å². The molecular formula is C22H49NO3P+. The average Bonchev–Trinajstić information content (AvgIpc) is 2.59. The summed E-state index contributed by atoms with van der Waals surface area (Å²) in [6.07, 6.45) is 14.6. The van der Waals surface area contributed by atoms with E-state index < -0.39 is 8.09 Å². The molecule has 0 fully saturated rings. The Balaban J connectivity index is 4.44. The van der Waals surface area contributed by atoms with Crippen LogP contribution in [0, 0.1) is 0 Å². The Labute approximate surface area is 171 Å². The van der Waals surface area contributed by atoms with E-state index >= 15 is 0 Å². The van der Waals surface area contributed by atoms with Gasteiger partial charge >= 0.3 is 8.09 Å². The summed E-state index contributed by atoms with van der Waals surface area (Å²) >= 11 is 0. The van der Waals surface area contributed by atoms with Crippen LogP contribution >= 0.6 is 8.09 Å². The van der Waals surface area contributed by atoms with E-state index in [0.717, 1.165) is 12.8 Å². The molecule has 0 amide bonds. The van der Waals surface area contributed by atoms with Crippen LogP contribution in [0.1, 0.15) is 119 Å². The maximum atomic E-state index is 11.3. The summed E-state index contributed by atoms with van der Waals surface area (Å²) in [5.74, 6) is 0. The Morgan fingerprint density at radius 2 is 0.963 bits per heavy atom. The Hall–Kier alpha value is 0.270. The topological polar surface area (TPSA) is 41.9 Å². The minimum atomic E-state index is -2.98. The normalized spacial score (nSPS) is 12.7. The van der Waals surface area contributed by atoms with Gasteiger partial charge in [-0.05, 0) is 40.5 Å². The fraction of sp³-hybridized carbons (Fsp3) is 1.00. The summed E-state index contributed by atoms with van der Waals surface area (Å²) in [7, 11) is -2.98. The molecule has 0 radical (unpaired) electrons. The Bertz CT molecular complexity index is 301. The van der Waals surface area contributed by atoms with Gasteiger partial charge in [-0.25, -0.2) is 0 Å². The molecular weight excluding hydrogens is 357 g/mol. The zero-order valence-corrected chi connectivity index (χ0v) is 20.1. The molecule has 1 N–H and O–H groups in total. The molecule has 0 aromatic carbocycles. The molecule has 0 rings (SSSR count). The fourth-order valence-corrected chi connectivity index (χ4v) is 5.72. The van der Waals surface area contributed by atoms with E-state index in [-0.39, 0.29) is 12.1 Å². The molecule has 0 aromatic heterocycles. The second-order valence-electron chi connectivity index (χ2n) is 8.26. The molecule has 4 nitrogen and oxygen atoms in total. The van der Waals surface area contributed by atoms with Crippen molar-refractivity contribution < 1.29 is 13.9 Å². The second kappa shape index (κ2) is 17.2. The van der Waals surface area contributed by atoms with Crippen molar-refractivity contribution in [1.29, 1.82) is 0 Å². The maximum absolute atomic E-state index is 11.3. The van der Waals surface area contributed by atoms with Crippen molar-refractivity contribution in [2.45, 2.75) is 131 Å². The molecule has 5 heteroatoms. The highest BCUT2D eigenvalue weighted by Gasteiger charge is 2.52. The standard InChI is InChI=1S/C22H49NO3P/c1-7-9-11-13-15-17-19-25-27(24,23(21(3)4)22(5)6)26-20-18-16-14-12-10-8-2/h21-22,24H,7-20H2,1-6H3/q+1. The molecule has 0 heterocycles. The van der Waals surface area contributed by atoms with Crippen LogP contribution < -0.4 is 0 Å². The first-order valence-corrected chi connectivity index (χ1v) is 13.1. The first-order valence-electron chi connectivity index (χ1n) is 11.6. The van der Waals surface area contributed by atoms with E-state index in [1.165, 1.54) is 64.2 Å². The van der Waals surface area contributed by atoms with E-state index in [1.54, 1.807) is 0 Å². The molecule has 164 valence electrons. The molecule has 0 atom stereocenters. The predicted octanol–water partition coefficient (Wildman–Crippen LogP) is 7.53. The van der Waals surface area contributed by atoms with Crippen molar-refractivity contribution in [2.24, 2.45) is 0 Å². The Morgan fingerprint density at radius 3 is 1.30 bits per heavy atom. The van der Waals surface area contributed by atoms with E-state index in [2.05, 4.69) is 41.5 Å². The summed E-state index contributed by atoms with van der Waals surface area (Å²) in [5.41, 5.74) is 0. The first kappa shape index (κ1) is 27.3. The zero-order valence-electron chi connectivity index (χ0n) is 19.2. The maximum Gasteiger partial charge on any atom is 0.502 e. The third kappa shape index (κ3) is 13.2. The number of hydrogen-bond donors (Lipinski definition) is 1. The predicted molar refractivity (Wildman–Crippen MR) is 120 cm³/mol. The molecule has 0 unspecified atom stereocenters. The van der Waals surface area contributed by atoms with Crippen molar-refractivity contribution in [3.8, 4) is 0 Å². The van der Waals surface area contributed by atoms with Crippen LogP contribution in [0.4, 0.5) is 0 Å². The lowest BCUT2D eigenvalue weighted by atomic mass is 10.1. The highest BCUT2D eigenvalue weighted by Crippen LogP contribution is 2.62. The SMILES string of the molecule is CCCCCCCCO[P+](O)(OCCCCCCCC)N(C(C)C)C(C)C. The molecule has 0 saturated heterocycles. The number of unbranched alkanes of at least 4 members (excludes halogenated alkanes) is 10. The second-order valence-corrected chi connectivity index (χ2v) is 10.2. The van der Waals surface area contributed by atoms with Crippen molar-refractivity contribution in [2.75, 3.05) is 13.2 Å². The van der Waals surface area contributed by atoms with Crippen LogP contribution in [-0.2, 0) is 9.05 Å². The first-order chi connectivity index (χ1) is 12.9. The van der Waals surface area contributed by atoms with Crippen LogP contribution in [0.25, 0.3) is 0 Å². The van der Waals surface area contributed by atoms with E-state index in [0.29, 0.717) is 13.2 Å². The van der Waals surface area contributed by atoms with Crippen molar-refractivity contribution in [1.82, 2.24) is 4.67 Å². The summed E-state index contributed by atoms with van der Waals surface area (Å²) in [5, 5.41) is 0. The van der Waals surface area contributed by atoms with Gasteiger partial charge in [0.15, 0.2) is 0 Å². The molecule has 0 aliphatic carbocycles. The average molecular weight is 407 g/mol. The summed E-state index contributed by atoms with van der Waals surface area (Å²) in [6, 6.07) is 0.384. The third-order valence-electron chi connectivity index (χ3n) is 4.86. The van der Waals surface area contributed by atoms with Crippen LogP contribution in [0.5, 0.6) is 0 Å². The minimum Gasteiger partial charge on any atom is -0.177 e. The van der Waals surface area contributed by atoms with Gasteiger partial charge in [-0.15, -0.1) is 0 Å². The number of nitrogens with zero attached hydrogens (tertiary/aromatic N) is 1. The Kier molecular flexibility index (Phi) is 17.3. The summed E-state index contributed by atoms with van der Waals surface area (Å²) in [6.45, 7) is 14.1. The zero-order chi connectivity index (χ0) is 20.5. The summed E-state index contributed by atoms with van der Waals surface area (Å²) < 4.78 is 14.1. The Morgan fingerprint density at radius 1 is 0.630 bits per heavy atom. The monoisotopic (exact) mass is 406 g/mol. The van der Waals surface area contributed by atoms with E-state index in [4.69, 9.17) is 9.05 Å². The van der Waals surface area contributed by atoms with Gasteiger partial charge in [-0.2, -0.15) is 13.9 Å². The van der Waals surface area contributed by atoms with Gasteiger partial charge in [0.1, 0.15) is 0 Å². The van der Waals surface area contributed by atoms with Crippen LogP contribution in [0.2, 0.25) is 0 Å². The molecule has 0 spiro atoms. The van der Waals surface area contributed by atoms with E-state index in [1.807, 2.05) is 4.67 Å². The van der Waals surface area contributed by atoms with Crippen molar-refractivity contribution >= 4 is 8.09 Å². The summed E-state index contributed by atoms with van der Waals surface area (Å²) in [4.78, 5) is 11.3. The fourth-order valence-electron chi connectivity index (χ4n) is 3.48. The number of rotatable bonds is 19. The molecule has 0 saturated carbocycles. The van der Waals surface area contributed by atoms with Crippen LogP contribution in [-0.4, -0.2) is 34.9 Å².